The highest BCUT2D eigenvalue weighted by molar-refractivity contribution is 6.02. The average Bonchev–Trinajstić information content (AvgIpc) is 3.85. The minimum absolute atomic E-state index is 0.0580. The van der Waals surface area contributed by atoms with E-state index in [4.69, 9.17) is 30.1 Å². The lowest BCUT2D eigenvalue weighted by molar-refractivity contribution is -0.133. The zero-order valence-corrected chi connectivity index (χ0v) is 37.2. The molecule has 6 aliphatic rings. The Balaban J connectivity index is 0.637. The van der Waals surface area contributed by atoms with Crippen LogP contribution in [0.4, 0.5) is 30.8 Å². The van der Waals surface area contributed by atoms with Gasteiger partial charge in [0.05, 0.1) is 16.5 Å². The van der Waals surface area contributed by atoms with E-state index in [1.165, 1.54) is 18.5 Å². The van der Waals surface area contributed by atoms with Gasteiger partial charge in [0.1, 0.15) is 41.4 Å². The average molecular weight is 906 g/mol. The Hall–Kier alpha value is -6.31. The predicted molar refractivity (Wildman–Crippen MR) is 237 cm³/mol. The Kier molecular flexibility index (Phi) is 10.2. The first kappa shape index (κ1) is 42.3. The van der Waals surface area contributed by atoms with Crippen molar-refractivity contribution in [3.05, 3.63) is 53.8 Å². The number of amides is 3. The number of fused-ring (bicyclic) bond motifs is 1. The summed E-state index contributed by atoms with van der Waals surface area (Å²) in [5, 5.41) is 15.1. The van der Waals surface area contributed by atoms with Crippen LogP contribution in [0.3, 0.4) is 0 Å². The molecule has 7 heterocycles. The molecule has 4 aromatic heterocycles. The molecule has 20 heteroatoms. The molecule has 1 spiro atoms. The number of ether oxygens (including phenoxy) is 1. The van der Waals surface area contributed by atoms with E-state index in [0.29, 0.717) is 84.8 Å². The number of hydrogen-bond acceptors (Lipinski definition) is 15. The van der Waals surface area contributed by atoms with Crippen LogP contribution in [0.15, 0.2) is 35.4 Å². The lowest BCUT2D eigenvalue weighted by Gasteiger charge is -2.58. The van der Waals surface area contributed by atoms with E-state index in [2.05, 4.69) is 30.7 Å². The highest BCUT2D eigenvalue weighted by atomic mass is 19.1. The van der Waals surface area contributed by atoms with Crippen molar-refractivity contribution in [1.29, 1.82) is 0 Å². The molecule has 0 radical (unpaired) electrons. The lowest BCUT2D eigenvalue weighted by Crippen LogP contribution is -2.57. The maximum absolute atomic E-state index is 15.2. The monoisotopic (exact) mass is 905 g/mol. The van der Waals surface area contributed by atoms with Crippen LogP contribution in [0, 0.1) is 23.0 Å². The highest BCUT2D eigenvalue weighted by Gasteiger charge is 2.55. The van der Waals surface area contributed by atoms with Gasteiger partial charge in [-0.1, -0.05) is 5.16 Å². The summed E-state index contributed by atoms with van der Waals surface area (Å²) in [6.45, 7) is 10.5. The molecule has 1 unspecified atom stereocenters. The molecule has 5 aromatic rings. The third-order valence-electron chi connectivity index (χ3n) is 14.4. The number of likely N-dealkylation sites (tertiary alicyclic amines) is 1. The molecule has 346 valence electrons. The molecule has 1 aromatic carbocycles. The van der Waals surface area contributed by atoms with Gasteiger partial charge in [-0.05, 0) is 94.7 Å². The van der Waals surface area contributed by atoms with Crippen LogP contribution in [0.25, 0.3) is 33.8 Å². The van der Waals surface area contributed by atoms with Gasteiger partial charge in [0.25, 0.3) is 0 Å². The number of carbonyl (C=O) groups excluding carboxylic acids is 3. The number of rotatable bonds is 10. The van der Waals surface area contributed by atoms with Crippen molar-refractivity contribution in [2.24, 2.45) is 11.3 Å². The van der Waals surface area contributed by atoms with E-state index in [9.17, 15) is 14.4 Å². The minimum atomic E-state index is -0.725. The topological polar surface area (TPSA) is 216 Å². The van der Waals surface area contributed by atoms with Gasteiger partial charge in [0.2, 0.25) is 11.8 Å². The van der Waals surface area contributed by atoms with Crippen molar-refractivity contribution in [1.82, 2.24) is 50.0 Å². The smallest absolute Gasteiger partial charge is 0.410 e. The summed E-state index contributed by atoms with van der Waals surface area (Å²) in [6, 6.07) is 1.70. The fourth-order valence-corrected chi connectivity index (χ4v) is 10.8. The number of nitrogen functional groups attached to an aromatic ring is 1. The number of nitrogens with one attached hydrogen (secondary N) is 2. The number of carbonyl (C=O) groups is 3. The third-order valence-corrected chi connectivity index (χ3v) is 14.4. The Morgan fingerprint density at radius 1 is 0.955 bits per heavy atom. The van der Waals surface area contributed by atoms with Gasteiger partial charge >= 0.3 is 6.09 Å². The number of nitrogens with two attached hydrogens (primary N) is 1. The van der Waals surface area contributed by atoms with E-state index in [0.717, 1.165) is 56.4 Å². The summed E-state index contributed by atoms with van der Waals surface area (Å²) in [6.07, 6.45) is 11.1. The number of halogens is 2. The number of piperazine rings is 1. The molecule has 3 aliphatic carbocycles. The van der Waals surface area contributed by atoms with Gasteiger partial charge in [0, 0.05) is 82.2 Å². The molecule has 18 nitrogen and oxygen atoms in total. The van der Waals surface area contributed by atoms with Crippen molar-refractivity contribution >= 4 is 46.1 Å². The molecular formula is C46H53F2N13O5. The quantitative estimate of drug-likeness (QED) is 0.146. The molecule has 3 aliphatic heterocycles. The second-order valence-corrected chi connectivity index (χ2v) is 20.3. The van der Waals surface area contributed by atoms with Crippen LogP contribution in [0.5, 0.6) is 0 Å². The van der Waals surface area contributed by atoms with Crippen molar-refractivity contribution in [2.45, 2.75) is 102 Å². The van der Waals surface area contributed by atoms with E-state index in [1.54, 1.807) is 9.80 Å². The van der Waals surface area contributed by atoms with E-state index in [1.807, 2.05) is 37.8 Å². The molecular weight excluding hydrogens is 853 g/mol. The molecule has 6 fully saturated rings. The SMILES string of the molecule is CC(C)(C)n1nc(-c2noc(C3CC3)c2-c2ncc(C3CN(C(=O)OC4CC5(CC(CN6CCN(c7c(F)cc(NC8CCC(=O)NC8=O)cc7F)CC6)C5)C4)C3)cn2)c2c(N)ncnc21. The summed E-state index contributed by atoms with van der Waals surface area (Å²) in [5.41, 5.74) is 9.62. The van der Waals surface area contributed by atoms with E-state index >= 15 is 8.78 Å². The fraction of sp³-hybridized carbons (Fsp3) is 0.543. The number of benzene rings is 1. The van der Waals surface area contributed by atoms with Crippen LogP contribution in [0.2, 0.25) is 0 Å². The number of aromatic nitrogens is 7. The van der Waals surface area contributed by atoms with Crippen LogP contribution >= 0.6 is 0 Å². The Labute approximate surface area is 379 Å². The van der Waals surface area contributed by atoms with Crippen molar-refractivity contribution < 1.29 is 32.4 Å². The Morgan fingerprint density at radius 2 is 1.67 bits per heavy atom. The second-order valence-electron chi connectivity index (χ2n) is 20.3. The summed E-state index contributed by atoms with van der Waals surface area (Å²) in [7, 11) is 0. The molecule has 66 heavy (non-hydrogen) atoms. The zero-order chi connectivity index (χ0) is 45.6. The summed E-state index contributed by atoms with van der Waals surface area (Å²) < 4.78 is 44.2. The van der Waals surface area contributed by atoms with Crippen LogP contribution in [-0.2, 0) is 19.9 Å². The minimum Gasteiger partial charge on any atom is -0.446 e. The van der Waals surface area contributed by atoms with Crippen LogP contribution in [0.1, 0.15) is 95.3 Å². The van der Waals surface area contributed by atoms with E-state index < -0.39 is 23.6 Å². The number of imide groups is 1. The summed E-state index contributed by atoms with van der Waals surface area (Å²) in [5.74, 6) is 0.154. The number of nitrogens with zero attached hydrogens (tertiary/aromatic N) is 10. The van der Waals surface area contributed by atoms with Crippen molar-refractivity contribution in [3.63, 3.8) is 0 Å². The predicted octanol–water partition coefficient (Wildman–Crippen LogP) is 5.57. The van der Waals surface area contributed by atoms with Crippen molar-refractivity contribution in [3.8, 4) is 22.8 Å². The fourth-order valence-electron chi connectivity index (χ4n) is 10.8. The molecule has 11 rings (SSSR count). The number of anilines is 3. The van der Waals surface area contributed by atoms with Crippen molar-refractivity contribution in [2.75, 3.05) is 61.8 Å². The highest BCUT2D eigenvalue weighted by Crippen LogP contribution is 2.60. The Morgan fingerprint density at radius 3 is 2.33 bits per heavy atom. The van der Waals surface area contributed by atoms with Gasteiger partial charge in [-0.15, -0.1) is 0 Å². The summed E-state index contributed by atoms with van der Waals surface area (Å²) in [4.78, 5) is 60.9. The standard InChI is InChI=1S/C46H53F2N13O5/c1-45(2,3)61-42-35(40(49)52-23-53-42)36(56-61)37-34(39(66-57-37)25-4-5-25)41-50-18-26(19-51-41)27-21-60(22-27)44(64)65-29-16-46(17-29)14-24(15-46)20-58-8-10-59(11-9-58)38-30(47)12-28(13-31(38)48)54-32-6-7-33(62)55-43(32)63/h12-13,18-19,23-25,27,29,32,54H,4-11,14-17,20-22H2,1-3H3,(H2,49,52,53)(H,55,62,63). The van der Waals surface area contributed by atoms with Crippen LogP contribution in [-0.4, -0.2) is 121 Å². The van der Waals surface area contributed by atoms with Crippen LogP contribution < -0.4 is 21.3 Å². The molecule has 3 saturated heterocycles. The molecule has 3 saturated carbocycles. The maximum atomic E-state index is 15.2. The Bertz CT molecular complexity index is 2700. The first-order valence-corrected chi connectivity index (χ1v) is 23.0. The van der Waals surface area contributed by atoms with E-state index in [-0.39, 0.29) is 65.1 Å². The summed E-state index contributed by atoms with van der Waals surface area (Å²) >= 11 is 0. The molecule has 4 N–H and O–H groups in total. The number of hydrogen-bond donors (Lipinski definition) is 3. The normalized spacial score (nSPS) is 24.8. The first-order chi connectivity index (χ1) is 31.7. The number of piperidine rings is 1. The molecule has 0 bridgehead atoms. The van der Waals surface area contributed by atoms with Gasteiger partial charge in [-0.25, -0.2) is 38.2 Å². The molecule has 3 amide bonds. The third kappa shape index (κ3) is 7.75. The molecule has 1 atom stereocenters. The largest absolute Gasteiger partial charge is 0.446 e. The maximum Gasteiger partial charge on any atom is 0.410 e. The van der Waals surface area contributed by atoms with Gasteiger partial charge in [-0.3, -0.25) is 19.8 Å². The lowest BCUT2D eigenvalue weighted by atomic mass is 9.50. The first-order valence-electron chi connectivity index (χ1n) is 23.0. The van der Waals surface area contributed by atoms with Gasteiger partial charge in [-0.2, -0.15) is 5.10 Å². The second kappa shape index (κ2) is 15.9. The zero-order valence-electron chi connectivity index (χ0n) is 37.2. The van der Waals surface area contributed by atoms with Gasteiger partial charge in [0.15, 0.2) is 28.9 Å². The van der Waals surface area contributed by atoms with Gasteiger partial charge < -0.3 is 30.1 Å².